The molecule has 152 valence electrons. The van der Waals surface area contributed by atoms with Gasteiger partial charge in [-0.25, -0.2) is 9.97 Å². The zero-order valence-electron chi connectivity index (χ0n) is 16.0. The molecule has 0 bridgehead atoms. The van der Waals surface area contributed by atoms with Gasteiger partial charge in [0, 0.05) is 12.1 Å². The summed E-state index contributed by atoms with van der Waals surface area (Å²) in [6.07, 6.45) is 1.78. The van der Waals surface area contributed by atoms with Crippen LogP contribution in [0.3, 0.4) is 0 Å². The summed E-state index contributed by atoms with van der Waals surface area (Å²) < 4.78 is 6.00. The minimum atomic E-state index is -0.210. The Balaban J connectivity index is 1.86. The lowest BCUT2D eigenvalue weighted by Gasteiger charge is -2.14. The smallest absolute Gasteiger partial charge is 0.263 e. The van der Waals surface area contributed by atoms with E-state index < -0.39 is 0 Å². The van der Waals surface area contributed by atoms with Crippen LogP contribution in [0.15, 0.2) is 47.4 Å². The van der Waals surface area contributed by atoms with Gasteiger partial charge in [-0.05, 0) is 35.9 Å². The summed E-state index contributed by atoms with van der Waals surface area (Å²) in [5.41, 5.74) is 3.60. The Morgan fingerprint density at radius 2 is 2.00 bits per heavy atom. The number of anilines is 1. The summed E-state index contributed by atoms with van der Waals surface area (Å²) in [6.45, 7) is 0.295. The number of thiocarbonyl (C=S) groups is 1. The predicted octanol–water partition coefficient (Wildman–Crippen LogP) is 3.20. The van der Waals surface area contributed by atoms with E-state index in [1.165, 1.54) is 11.8 Å². The standard InChI is InChI=1S/C21H18N4O3S2/c1-28-16-7-6-12(11-17-20(27)25-21(29)30-17)10-13(16)18-19(22-8-9-26)24-15-5-3-2-4-14(15)23-18/h2-7,10-11,26H,8-9H2,1H3,(H,22,24)(H,25,27,29). The van der Waals surface area contributed by atoms with E-state index in [1.807, 2.05) is 42.5 Å². The van der Waals surface area contributed by atoms with E-state index in [0.29, 0.717) is 33.0 Å². The number of aromatic nitrogens is 2. The second-order valence-electron chi connectivity index (χ2n) is 6.37. The number of aliphatic hydroxyl groups is 1. The minimum absolute atomic E-state index is 0.0382. The molecule has 3 N–H and O–H groups in total. The number of ether oxygens (including phenoxy) is 1. The van der Waals surface area contributed by atoms with Gasteiger partial charge in [-0.2, -0.15) is 0 Å². The summed E-state index contributed by atoms with van der Waals surface area (Å²) in [7, 11) is 1.59. The molecule has 1 amide bonds. The van der Waals surface area contributed by atoms with Crippen molar-refractivity contribution in [2.75, 3.05) is 25.6 Å². The number of nitrogens with zero attached hydrogens (tertiary/aromatic N) is 2. The number of para-hydroxylation sites is 2. The topological polar surface area (TPSA) is 96.4 Å². The largest absolute Gasteiger partial charge is 0.496 e. The molecule has 7 nitrogen and oxygen atoms in total. The summed E-state index contributed by atoms with van der Waals surface area (Å²) in [5, 5.41) is 15.0. The van der Waals surface area contributed by atoms with Crippen molar-refractivity contribution >= 4 is 57.1 Å². The van der Waals surface area contributed by atoms with Crippen LogP contribution in [-0.2, 0) is 4.79 Å². The molecule has 1 aromatic heterocycles. The number of hydrogen-bond donors (Lipinski definition) is 3. The summed E-state index contributed by atoms with van der Waals surface area (Å²) >= 11 is 6.29. The van der Waals surface area contributed by atoms with Crippen LogP contribution in [0.25, 0.3) is 28.4 Å². The highest BCUT2D eigenvalue weighted by Gasteiger charge is 2.22. The fourth-order valence-corrected chi connectivity index (χ4v) is 4.10. The van der Waals surface area contributed by atoms with Crippen LogP contribution in [0.5, 0.6) is 5.75 Å². The maximum Gasteiger partial charge on any atom is 0.263 e. The van der Waals surface area contributed by atoms with Gasteiger partial charge in [0.05, 0.1) is 29.7 Å². The Hall–Kier alpha value is -3.01. The van der Waals surface area contributed by atoms with Crippen LogP contribution >= 0.6 is 24.0 Å². The highest BCUT2D eigenvalue weighted by molar-refractivity contribution is 8.26. The lowest BCUT2D eigenvalue weighted by molar-refractivity contribution is -0.115. The third kappa shape index (κ3) is 4.13. The van der Waals surface area contributed by atoms with Gasteiger partial charge in [0.15, 0.2) is 5.82 Å². The average Bonchev–Trinajstić information content (AvgIpc) is 3.08. The number of carbonyl (C=O) groups excluding carboxylic acids is 1. The number of thioether (sulfide) groups is 1. The first-order valence-electron chi connectivity index (χ1n) is 9.14. The first-order chi connectivity index (χ1) is 14.6. The normalized spacial score (nSPS) is 14.9. The van der Waals surface area contributed by atoms with Crippen molar-refractivity contribution in [3.63, 3.8) is 0 Å². The van der Waals surface area contributed by atoms with E-state index >= 15 is 0 Å². The van der Waals surface area contributed by atoms with Crippen molar-refractivity contribution in [2.24, 2.45) is 0 Å². The van der Waals surface area contributed by atoms with E-state index in [2.05, 4.69) is 15.6 Å². The second kappa shape index (κ2) is 8.78. The molecule has 4 rings (SSSR count). The molecule has 1 saturated heterocycles. The van der Waals surface area contributed by atoms with E-state index in [4.69, 9.17) is 21.9 Å². The molecule has 0 unspecified atom stereocenters. The number of carbonyl (C=O) groups is 1. The van der Waals surface area contributed by atoms with Crippen molar-refractivity contribution in [3.05, 3.63) is 52.9 Å². The fourth-order valence-electron chi connectivity index (χ4n) is 3.06. The molecule has 2 heterocycles. The zero-order valence-corrected chi connectivity index (χ0v) is 17.6. The van der Waals surface area contributed by atoms with E-state index in [0.717, 1.165) is 22.2 Å². The first kappa shape index (κ1) is 20.3. The SMILES string of the molecule is COc1ccc(C=C2SC(=S)NC2=O)cc1-c1nc2ccccc2nc1NCCO. The lowest BCUT2D eigenvalue weighted by Crippen LogP contribution is -2.17. The summed E-state index contributed by atoms with van der Waals surface area (Å²) in [6, 6.07) is 13.1. The molecule has 0 radical (unpaired) electrons. The third-order valence-corrected chi connectivity index (χ3v) is 5.56. The Bertz CT molecular complexity index is 1180. The molecule has 0 saturated carbocycles. The number of fused-ring (bicyclic) bond motifs is 1. The van der Waals surface area contributed by atoms with Gasteiger partial charge >= 0.3 is 0 Å². The van der Waals surface area contributed by atoms with Crippen LogP contribution in [0.2, 0.25) is 0 Å². The van der Waals surface area contributed by atoms with Gasteiger partial charge in [-0.15, -0.1) is 0 Å². The van der Waals surface area contributed by atoms with Gasteiger partial charge < -0.3 is 20.5 Å². The number of aliphatic hydroxyl groups excluding tert-OH is 1. The van der Waals surface area contributed by atoms with Gasteiger partial charge in [-0.3, -0.25) is 4.79 Å². The number of benzene rings is 2. The molecule has 1 aliphatic rings. The number of methoxy groups -OCH3 is 1. The third-order valence-electron chi connectivity index (χ3n) is 4.39. The molecule has 1 aliphatic heterocycles. The van der Waals surface area contributed by atoms with Gasteiger partial charge in [0.25, 0.3) is 5.91 Å². The molecule has 2 aromatic carbocycles. The van der Waals surface area contributed by atoms with Crippen LogP contribution in [0.1, 0.15) is 5.56 Å². The summed E-state index contributed by atoms with van der Waals surface area (Å²) in [4.78, 5) is 22.0. The first-order valence-corrected chi connectivity index (χ1v) is 10.4. The molecule has 0 atom stereocenters. The van der Waals surface area contributed by atoms with E-state index in [9.17, 15) is 9.90 Å². The quantitative estimate of drug-likeness (QED) is 0.399. The molecule has 0 spiro atoms. The number of amides is 1. The van der Waals surface area contributed by atoms with Crippen molar-refractivity contribution in [1.29, 1.82) is 0 Å². The van der Waals surface area contributed by atoms with Crippen molar-refractivity contribution in [1.82, 2.24) is 15.3 Å². The molecular weight excluding hydrogens is 420 g/mol. The van der Waals surface area contributed by atoms with Crippen molar-refractivity contribution < 1.29 is 14.6 Å². The van der Waals surface area contributed by atoms with Crippen LogP contribution < -0.4 is 15.4 Å². The molecule has 30 heavy (non-hydrogen) atoms. The highest BCUT2D eigenvalue weighted by atomic mass is 32.2. The van der Waals surface area contributed by atoms with Gasteiger partial charge in [0.1, 0.15) is 15.8 Å². The molecular formula is C21H18N4O3S2. The molecule has 3 aromatic rings. The van der Waals surface area contributed by atoms with Crippen molar-refractivity contribution in [3.8, 4) is 17.0 Å². The van der Waals surface area contributed by atoms with Crippen LogP contribution in [0.4, 0.5) is 5.82 Å². The monoisotopic (exact) mass is 438 g/mol. The molecule has 0 aliphatic carbocycles. The maximum atomic E-state index is 12.0. The Morgan fingerprint density at radius 1 is 1.23 bits per heavy atom. The van der Waals surface area contributed by atoms with Crippen LogP contribution in [0, 0.1) is 0 Å². The average molecular weight is 439 g/mol. The predicted molar refractivity (Wildman–Crippen MR) is 123 cm³/mol. The number of rotatable bonds is 6. The van der Waals surface area contributed by atoms with E-state index in [-0.39, 0.29) is 12.5 Å². The zero-order chi connectivity index (χ0) is 21.1. The molecule has 9 heteroatoms. The second-order valence-corrected chi connectivity index (χ2v) is 8.09. The number of nitrogens with one attached hydrogen (secondary N) is 2. The van der Waals surface area contributed by atoms with Gasteiger partial charge in [0.2, 0.25) is 0 Å². The van der Waals surface area contributed by atoms with Crippen LogP contribution in [-0.4, -0.2) is 45.6 Å². The van der Waals surface area contributed by atoms with Crippen molar-refractivity contribution in [2.45, 2.75) is 0 Å². The Labute approximate surface area is 182 Å². The lowest BCUT2D eigenvalue weighted by atomic mass is 10.0. The van der Waals surface area contributed by atoms with E-state index in [1.54, 1.807) is 13.2 Å². The Kier molecular flexibility index (Phi) is 5.93. The Morgan fingerprint density at radius 3 is 2.67 bits per heavy atom. The minimum Gasteiger partial charge on any atom is -0.496 e. The number of hydrogen-bond acceptors (Lipinski definition) is 8. The van der Waals surface area contributed by atoms with Gasteiger partial charge in [-0.1, -0.05) is 42.2 Å². The maximum absolute atomic E-state index is 12.0. The molecule has 1 fully saturated rings. The fraction of sp³-hybridized carbons (Fsp3) is 0.143. The highest BCUT2D eigenvalue weighted by Crippen LogP contribution is 2.36. The summed E-state index contributed by atoms with van der Waals surface area (Å²) in [5.74, 6) is 0.950.